The first-order valence-electron chi connectivity index (χ1n) is 4.64. The van der Waals surface area contributed by atoms with Gasteiger partial charge in [-0.2, -0.15) is 0 Å². The van der Waals surface area contributed by atoms with Crippen LogP contribution in [0.25, 0.3) is 0 Å². The summed E-state index contributed by atoms with van der Waals surface area (Å²) in [5.41, 5.74) is 0.995. The Labute approximate surface area is 86.9 Å². The highest BCUT2D eigenvalue weighted by Gasteiger charge is 2.10. The lowest BCUT2D eigenvalue weighted by Crippen LogP contribution is -2.09. The molecule has 0 amide bonds. The van der Waals surface area contributed by atoms with E-state index in [2.05, 4.69) is 0 Å². The van der Waals surface area contributed by atoms with Crippen LogP contribution in [0.15, 0.2) is 12.1 Å². The van der Waals surface area contributed by atoms with E-state index in [1.54, 1.807) is 13.8 Å². The number of aryl methyl sites for hydroxylation is 1. The van der Waals surface area contributed by atoms with E-state index in [9.17, 15) is 13.6 Å². The molecule has 0 aliphatic carbocycles. The first-order chi connectivity index (χ1) is 7.04. The average molecular weight is 214 g/mol. The van der Waals surface area contributed by atoms with Crippen molar-refractivity contribution >= 4 is 5.97 Å². The standard InChI is InChI=1S/C11H12F2O2/c1-3-15-11(14)6-8-5-10(13)9(12)4-7(8)2/h4-5H,3,6H2,1-2H3. The number of hydrogen-bond donors (Lipinski definition) is 0. The Hall–Kier alpha value is -1.45. The number of benzene rings is 1. The van der Waals surface area contributed by atoms with Gasteiger partial charge in [-0.05, 0) is 37.1 Å². The maximum Gasteiger partial charge on any atom is 0.310 e. The third-order valence-electron chi connectivity index (χ3n) is 2.02. The fourth-order valence-corrected chi connectivity index (χ4v) is 1.25. The van der Waals surface area contributed by atoms with E-state index in [-0.39, 0.29) is 13.0 Å². The van der Waals surface area contributed by atoms with E-state index in [4.69, 9.17) is 4.74 Å². The van der Waals surface area contributed by atoms with Crippen LogP contribution in [0.4, 0.5) is 8.78 Å². The van der Waals surface area contributed by atoms with Gasteiger partial charge in [-0.15, -0.1) is 0 Å². The minimum atomic E-state index is -0.945. The van der Waals surface area contributed by atoms with Crippen molar-refractivity contribution in [1.82, 2.24) is 0 Å². The van der Waals surface area contributed by atoms with Gasteiger partial charge in [0.1, 0.15) is 0 Å². The SMILES string of the molecule is CCOC(=O)Cc1cc(F)c(F)cc1C. The Morgan fingerprint density at radius 2 is 1.93 bits per heavy atom. The number of rotatable bonds is 3. The molecule has 0 unspecified atom stereocenters. The highest BCUT2D eigenvalue weighted by molar-refractivity contribution is 5.73. The Bertz CT molecular complexity index is 375. The minimum Gasteiger partial charge on any atom is -0.466 e. The van der Waals surface area contributed by atoms with Crippen molar-refractivity contribution < 1.29 is 18.3 Å². The fourth-order valence-electron chi connectivity index (χ4n) is 1.25. The number of carbonyl (C=O) groups excluding carboxylic acids is 1. The Balaban J connectivity index is 2.86. The van der Waals surface area contributed by atoms with Crippen LogP contribution in [0, 0.1) is 18.6 Å². The summed E-state index contributed by atoms with van der Waals surface area (Å²) in [7, 11) is 0. The molecule has 0 aliphatic rings. The highest BCUT2D eigenvalue weighted by Crippen LogP contribution is 2.15. The van der Waals surface area contributed by atoms with Crippen molar-refractivity contribution in [2.45, 2.75) is 20.3 Å². The van der Waals surface area contributed by atoms with Crippen LogP contribution in [0.2, 0.25) is 0 Å². The van der Waals surface area contributed by atoms with Gasteiger partial charge in [0, 0.05) is 0 Å². The number of halogens is 2. The Morgan fingerprint density at radius 1 is 1.33 bits per heavy atom. The predicted octanol–water partition coefficient (Wildman–Crippen LogP) is 2.38. The number of ether oxygens (including phenoxy) is 1. The van der Waals surface area contributed by atoms with E-state index in [1.807, 2.05) is 0 Å². The van der Waals surface area contributed by atoms with Crippen molar-refractivity contribution in [3.63, 3.8) is 0 Å². The monoisotopic (exact) mass is 214 g/mol. The molecule has 0 aliphatic heterocycles. The summed E-state index contributed by atoms with van der Waals surface area (Å²) in [4.78, 5) is 11.1. The molecule has 0 spiro atoms. The van der Waals surface area contributed by atoms with Crippen LogP contribution in [-0.2, 0) is 16.0 Å². The number of hydrogen-bond acceptors (Lipinski definition) is 2. The van der Waals surface area contributed by atoms with E-state index < -0.39 is 17.6 Å². The summed E-state index contributed by atoms with van der Waals surface area (Å²) in [6.45, 7) is 3.59. The molecule has 0 saturated heterocycles. The third-order valence-corrected chi connectivity index (χ3v) is 2.02. The molecule has 0 heterocycles. The second-order valence-electron chi connectivity index (χ2n) is 3.17. The lowest BCUT2D eigenvalue weighted by molar-refractivity contribution is -0.142. The highest BCUT2D eigenvalue weighted by atomic mass is 19.2. The second-order valence-corrected chi connectivity index (χ2v) is 3.17. The van der Waals surface area contributed by atoms with E-state index in [0.29, 0.717) is 11.1 Å². The lowest BCUT2D eigenvalue weighted by Gasteiger charge is -2.06. The molecule has 0 fully saturated rings. The van der Waals surface area contributed by atoms with Crippen LogP contribution in [0.1, 0.15) is 18.1 Å². The molecule has 1 rings (SSSR count). The van der Waals surface area contributed by atoms with Crippen molar-refractivity contribution in [3.8, 4) is 0 Å². The smallest absolute Gasteiger partial charge is 0.310 e. The van der Waals surface area contributed by atoms with Gasteiger partial charge in [-0.25, -0.2) is 8.78 Å². The van der Waals surface area contributed by atoms with Gasteiger partial charge < -0.3 is 4.74 Å². The molecule has 0 aromatic heterocycles. The molecule has 82 valence electrons. The fraction of sp³-hybridized carbons (Fsp3) is 0.364. The zero-order valence-corrected chi connectivity index (χ0v) is 8.64. The lowest BCUT2D eigenvalue weighted by atomic mass is 10.1. The molecule has 0 bridgehead atoms. The van der Waals surface area contributed by atoms with Crippen molar-refractivity contribution in [3.05, 3.63) is 34.9 Å². The molecule has 4 heteroatoms. The van der Waals surface area contributed by atoms with E-state index in [1.165, 1.54) is 0 Å². The van der Waals surface area contributed by atoms with Gasteiger partial charge in [-0.1, -0.05) is 0 Å². The quantitative estimate of drug-likeness (QED) is 0.722. The molecular weight excluding hydrogens is 202 g/mol. The van der Waals surface area contributed by atoms with Gasteiger partial charge in [0.05, 0.1) is 13.0 Å². The van der Waals surface area contributed by atoms with Gasteiger partial charge in [0.15, 0.2) is 11.6 Å². The van der Waals surface area contributed by atoms with E-state index >= 15 is 0 Å². The van der Waals surface area contributed by atoms with Crippen molar-refractivity contribution in [2.75, 3.05) is 6.61 Å². The van der Waals surface area contributed by atoms with Gasteiger partial charge in [0.25, 0.3) is 0 Å². The minimum absolute atomic E-state index is 0.0309. The largest absolute Gasteiger partial charge is 0.466 e. The second kappa shape index (κ2) is 4.87. The van der Waals surface area contributed by atoms with Crippen LogP contribution >= 0.6 is 0 Å². The summed E-state index contributed by atoms with van der Waals surface area (Å²) in [6.07, 6.45) is -0.0309. The Kier molecular flexibility index (Phi) is 3.77. The summed E-state index contributed by atoms with van der Waals surface area (Å²) in [5, 5.41) is 0. The Morgan fingerprint density at radius 3 is 2.53 bits per heavy atom. The molecule has 0 radical (unpaired) electrons. The number of carbonyl (C=O) groups is 1. The topological polar surface area (TPSA) is 26.3 Å². The maximum atomic E-state index is 12.9. The number of esters is 1. The van der Waals surface area contributed by atoms with Gasteiger partial charge in [0.2, 0.25) is 0 Å². The van der Waals surface area contributed by atoms with Crippen molar-refractivity contribution in [2.24, 2.45) is 0 Å². The zero-order valence-electron chi connectivity index (χ0n) is 8.64. The summed E-state index contributed by atoms with van der Waals surface area (Å²) >= 11 is 0. The molecule has 15 heavy (non-hydrogen) atoms. The molecule has 0 N–H and O–H groups in total. The molecule has 0 atom stereocenters. The normalized spacial score (nSPS) is 10.1. The average Bonchev–Trinajstić information content (AvgIpc) is 2.14. The maximum absolute atomic E-state index is 12.9. The molecule has 1 aromatic carbocycles. The third kappa shape index (κ3) is 3.01. The molecule has 2 nitrogen and oxygen atoms in total. The molecule has 0 saturated carbocycles. The van der Waals surface area contributed by atoms with Crippen LogP contribution in [0.3, 0.4) is 0 Å². The first kappa shape index (κ1) is 11.6. The van der Waals surface area contributed by atoms with Crippen LogP contribution in [-0.4, -0.2) is 12.6 Å². The van der Waals surface area contributed by atoms with E-state index in [0.717, 1.165) is 12.1 Å². The summed E-state index contributed by atoms with van der Waals surface area (Å²) < 4.78 is 30.3. The van der Waals surface area contributed by atoms with Gasteiger partial charge in [-0.3, -0.25) is 4.79 Å². The first-order valence-corrected chi connectivity index (χ1v) is 4.64. The van der Waals surface area contributed by atoms with Gasteiger partial charge >= 0.3 is 5.97 Å². The molecule has 1 aromatic rings. The predicted molar refractivity (Wildman–Crippen MR) is 51.4 cm³/mol. The summed E-state index contributed by atoms with van der Waals surface area (Å²) in [6, 6.07) is 2.10. The molecular formula is C11H12F2O2. The van der Waals surface area contributed by atoms with Crippen LogP contribution < -0.4 is 0 Å². The van der Waals surface area contributed by atoms with Crippen LogP contribution in [0.5, 0.6) is 0 Å². The zero-order chi connectivity index (χ0) is 11.4. The van der Waals surface area contributed by atoms with Crippen molar-refractivity contribution in [1.29, 1.82) is 0 Å². The summed E-state index contributed by atoms with van der Waals surface area (Å²) in [5.74, 6) is -2.29.